The van der Waals surface area contributed by atoms with E-state index in [-0.39, 0.29) is 17.5 Å². The molecule has 6 nitrogen and oxygen atoms in total. The highest BCUT2D eigenvalue weighted by Crippen LogP contribution is 2.40. The molecule has 6 heteroatoms. The quantitative estimate of drug-likeness (QED) is 0.762. The summed E-state index contributed by atoms with van der Waals surface area (Å²) >= 11 is 0. The van der Waals surface area contributed by atoms with E-state index in [1.54, 1.807) is 6.92 Å². The van der Waals surface area contributed by atoms with E-state index in [9.17, 15) is 14.7 Å². The molecular formula is C25H31NO5. The minimum Gasteiger partial charge on any atom is -0.480 e. The molecule has 31 heavy (non-hydrogen) atoms. The Bertz CT molecular complexity index is 1090. The number of hydrogen-bond acceptors (Lipinski definition) is 5. The number of carbonyl (C=O) groups is 1. The molecule has 2 aliphatic carbocycles. The van der Waals surface area contributed by atoms with Gasteiger partial charge in [0.05, 0.1) is 11.0 Å². The first-order valence-corrected chi connectivity index (χ1v) is 11.6. The van der Waals surface area contributed by atoms with Crippen LogP contribution in [0.4, 0.5) is 0 Å². The number of nitrogens with zero attached hydrogens (tertiary/aromatic N) is 1. The lowest BCUT2D eigenvalue weighted by Gasteiger charge is -2.47. The normalized spacial score (nSPS) is 26.4. The largest absolute Gasteiger partial charge is 0.480 e. The third-order valence-electron chi connectivity index (χ3n) is 7.57. The van der Waals surface area contributed by atoms with E-state index in [1.165, 1.54) is 0 Å². The summed E-state index contributed by atoms with van der Waals surface area (Å²) in [6.45, 7) is 4.89. The number of piperidine rings is 1. The molecule has 1 saturated heterocycles. The van der Waals surface area contributed by atoms with Crippen molar-refractivity contribution in [3.63, 3.8) is 0 Å². The molecule has 1 aromatic heterocycles. The number of benzene rings is 1. The fourth-order valence-corrected chi connectivity index (χ4v) is 5.87. The Kier molecular flexibility index (Phi) is 5.08. The van der Waals surface area contributed by atoms with Crippen LogP contribution in [-0.2, 0) is 17.6 Å². The highest BCUT2D eigenvalue weighted by Gasteiger charge is 2.44. The van der Waals surface area contributed by atoms with Crippen molar-refractivity contribution in [3.8, 4) is 5.75 Å². The lowest BCUT2D eigenvalue weighted by molar-refractivity contribution is -0.149. The van der Waals surface area contributed by atoms with Crippen LogP contribution in [0.25, 0.3) is 11.0 Å². The van der Waals surface area contributed by atoms with Gasteiger partial charge in [0.1, 0.15) is 11.3 Å². The molecule has 1 aliphatic heterocycles. The van der Waals surface area contributed by atoms with Crippen LogP contribution in [0.2, 0.25) is 0 Å². The maximum atomic E-state index is 13.2. The van der Waals surface area contributed by atoms with E-state index in [2.05, 4.69) is 0 Å². The molecule has 3 atom stereocenters. The maximum absolute atomic E-state index is 13.2. The summed E-state index contributed by atoms with van der Waals surface area (Å²) in [5, 5.41) is 11.8. The molecule has 3 aliphatic rings. The minimum atomic E-state index is -0.649. The van der Waals surface area contributed by atoms with Crippen LogP contribution < -0.4 is 10.4 Å². The van der Waals surface area contributed by atoms with E-state index >= 15 is 0 Å². The Balaban J connectivity index is 1.40. The SMILES string of the molecule is Cc1cc(OC(C)C(=O)N2CC[C@@]3(O)CCCC[C@H]3C2)c2c3c(c(=O)oc2c1)CCC3. The molecule has 2 heterocycles. The average Bonchev–Trinajstić information content (AvgIpc) is 3.22. The number of carbonyl (C=O) groups excluding carboxylic acids is 1. The molecule has 1 saturated carbocycles. The number of aliphatic hydroxyl groups is 1. The van der Waals surface area contributed by atoms with Crippen molar-refractivity contribution in [1.29, 1.82) is 0 Å². The van der Waals surface area contributed by atoms with Gasteiger partial charge in [-0.2, -0.15) is 0 Å². The lowest BCUT2D eigenvalue weighted by atomic mass is 9.71. The first kappa shape index (κ1) is 20.6. The smallest absolute Gasteiger partial charge is 0.339 e. The third kappa shape index (κ3) is 3.55. The monoisotopic (exact) mass is 425 g/mol. The van der Waals surface area contributed by atoms with Crippen LogP contribution in [0.5, 0.6) is 5.75 Å². The Labute approximate surface area is 182 Å². The van der Waals surface area contributed by atoms with Gasteiger partial charge < -0.3 is 19.2 Å². The topological polar surface area (TPSA) is 80.0 Å². The zero-order valence-electron chi connectivity index (χ0n) is 18.4. The molecule has 5 rings (SSSR count). The molecular weight excluding hydrogens is 394 g/mol. The van der Waals surface area contributed by atoms with Crippen molar-refractivity contribution >= 4 is 16.9 Å². The molecule has 0 spiro atoms. The molecule has 0 radical (unpaired) electrons. The van der Waals surface area contributed by atoms with E-state index < -0.39 is 11.7 Å². The van der Waals surface area contributed by atoms with Gasteiger partial charge in [0, 0.05) is 24.6 Å². The van der Waals surface area contributed by atoms with Crippen LogP contribution in [-0.4, -0.2) is 40.7 Å². The maximum Gasteiger partial charge on any atom is 0.339 e. The lowest BCUT2D eigenvalue weighted by Crippen LogP contribution is -2.56. The number of hydrogen-bond donors (Lipinski definition) is 1. The van der Waals surface area contributed by atoms with E-state index in [0.717, 1.165) is 67.0 Å². The van der Waals surface area contributed by atoms with Crippen LogP contribution in [0.15, 0.2) is 21.3 Å². The Hall–Kier alpha value is -2.34. The van der Waals surface area contributed by atoms with Gasteiger partial charge >= 0.3 is 5.63 Å². The zero-order chi connectivity index (χ0) is 21.8. The standard InChI is InChI=1S/C25H31NO5/c1-15-12-20(22-18-7-5-8-19(18)24(28)31-21(22)13-15)30-16(2)23(27)26-11-10-25(29)9-4-3-6-17(25)14-26/h12-13,16-17,29H,3-11,14H2,1-2H3/t16?,17-,25-/m0/s1. The predicted octanol–water partition coefficient (Wildman–Crippen LogP) is 3.51. The van der Waals surface area contributed by atoms with Crippen molar-refractivity contribution in [2.24, 2.45) is 5.92 Å². The van der Waals surface area contributed by atoms with Gasteiger partial charge in [-0.25, -0.2) is 4.79 Å². The summed E-state index contributed by atoms with van der Waals surface area (Å²) in [6, 6.07) is 3.80. The second-order valence-electron chi connectivity index (χ2n) is 9.68. The summed E-state index contributed by atoms with van der Waals surface area (Å²) in [6.07, 6.45) is 6.48. The summed E-state index contributed by atoms with van der Waals surface area (Å²) < 4.78 is 11.8. The Morgan fingerprint density at radius 3 is 2.87 bits per heavy atom. The number of aryl methyl sites for hydroxylation is 2. The molecule has 1 unspecified atom stereocenters. The van der Waals surface area contributed by atoms with Crippen molar-refractivity contribution in [3.05, 3.63) is 39.2 Å². The first-order chi connectivity index (χ1) is 14.9. The van der Waals surface area contributed by atoms with Crippen LogP contribution in [0, 0.1) is 12.8 Å². The van der Waals surface area contributed by atoms with Gasteiger partial charge in [-0.3, -0.25) is 4.79 Å². The first-order valence-electron chi connectivity index (χ1n) is 11.6. The molecule has 0 bridgehead atoms. The highest BCUT2D eigenvalue weighted by molar-refractivity contribution is 5.89. The van der Waals surface area contributed by atoms with Crippen LogP contribution >= 0.6 is 0 Å². The number of ether oxygens (including phenoxy) is 1. The average molecular weight is 426 g/mol. The van der Waals surface area contributed by atoms with Crippen molar-refractivity contribution in [1.82, 2.24) is 4.90 Å². The molecule has 1 aromatic carbocycles. The Morgan fingerprint density at radius 2 is 2.03 bits per heavy atom. The molecule has 1 N–H and O–H groups in total. The van der Waals surface area contributed by atoms with Gasteiger partial charge in [-0.15, -0.1) is 0 Å². The van der Waals surface area contributed by atoms with Gasteiger partial charge in [0.2, 0.25) is 0 Å². The van der Waals surface area contributed by atoms with Crippen molar-refractivity contribution in [2.75, 3.05) is 13.1 Å². The number of amides is 1. The van der Waals surface area contributed by atoms with Crippen molar-refractivity contribution < 1.29 is 19.1 Å². The van der Waals surface area contributed by atoms with E-state index in [1.807, 2.05) is 24.0 Å². The number of fused-ring (bicyclic) bond motifs is 4. The second kappa shape index (κ2) is 7.66. The molecule has 1 amide bonds. The number of rotatable bonds is 3. The highest BCUT2D eigenvalue weighted by atomic mass is 16.5. The summed E-state index contributed by atoms with van der Waals surface area (Å²) in [7, 11) is 0. The summed E-state index contributed by atoms with van der Waals surface area (Å²) in [4.78, 5) is 27.4. The van der Waals surface area contributed by atoms with E-state index in [4.69, 9.17) is 9.15 Å². The number of likely N-dealkylation sites (tertiary alicyclic amines) is 1. The van der Waals surface area contributed by atoms with E-state index in [0.29, 0.717) is 30.8 Å². The van der Waals surface area contributed by atoms with Gasteiger partial charge in [-0.1, -0.05) is 12.8 Å². The van der Waals surface area contributed by atoms with Gasteiger partial charge in [-0.05, 0) is 75.6 Å². The molecule has 166 valence electrons. The van der Waals surface area contributed by atoms with Gasteiger partial charge in [0.15, 0.2) is 6.10 Å². The second-order valence-corrected chi connectivity index (χ2v) is 9.68. The van der Waals surface area contributed by atoms with Crippen LogP contribution in [0.1, 0.15) is 62.1 Å². The summed E-state index contributed by atoms with van der Waals surface area (Å²) in [5.41, 5.74) is 2.34. The van der Waals surface area contributed by atoms with Crippen LogP contribution in [0.3, 0.4) is 0 Å². The minimum absolute atomic E-state index is 0.0451. The Morgan fingerprint density at radius 1 is 1.23 bits per heavy atom. The summed E-state index contributed by atoms with van der Waals surface area (Å²) in [5.74, 6) is 0.726. The van der Waals surface area contributed by atoms with Gasteiger partial charge in [0.25, 0.3) is 5.91 Å². The van der Waals surface area contributed by atoms with Crippen molar-refractivity contribution in [2.45, 2.75) is 76.9 Å². The zero-order valence-corrected chi connectivity index (χ0v) is 18.4. The predicted molar refractivity (Wildman–Crippen MR) is 117 cm³/mol. The fraction of sp³-hybridized carbons (Fsp3) is 0.600. The molecule has 2 fully saturated rings. The fourth-order valence-electron chi connectivity index (χ4n) is 5.87. The third-order valence-corrected chi connectivity index (χ3v) is 7.57. The molecule has 2 aromatic rings.